The van der Waals surface area contributed by atoms with E-state index in [9.17, 15) is 14.4 Å². The van der Waals surface area contributed by atoms with E-state index in [0.29, 0.717) is 10.7 Å². The normalized spacial score (nSPS) is 13.8. The number of benzene rings is 2. The van der Waals surface area contributed by atoms with Crippen molar-refractivity contribution in [3.05, 3.63) is 74.9 Å². The first-order chi connectivity index (χ1) is 14.4. The number of ketones is 1. The van der Waals surface area contributed by atoms with E-state index in [1.54, 1.807) is 36.4 Å². The minimum atomic E-state index is -0.773. The van der Waals surface area contributed by atoms with E-state index in [4.69, 9.17) is 37.4 Å². The molecule has 0 unspecified atom stereocenters. The number of carbonyl (C=O) groups is 3. The summed E-state index contributed by atoms with van der Waals surface area (Å²) >= 11 is 12.3. The number of nitrogens with zero attached hydrogens (tertiary/aromatic N) is 1. The van der Waals surface area contributed by atoms with Crippen molar-refractivity contribution in [2.75, 3.05) is 32.5 Å². The highest BCUT2D eigenvalue weighted by Crippen LogP contribution is 2.33. The predicted octanol–water partition coefficient (Wildman–Crippen LogP) is 3.62. The third-order valence-corrected chi connectivity index (χ3v) is 5.01. The molecule has 0 aliphatic carbocycles. The number of carbonyl (C=O) groups excluding carboxylic acids is 3. The highest BCUT2D eigenvalue weighted by Gasteiger charge is 2.34. The summed E-state index contributed by atoms with van der Waals surface area (Å²) in [4.78, 5) is 39.4. The van der Waals surface area contributed by atoms with Gasteiger partial charge in [0.15, 0.2) is 5.78 Å². The molecular weight excluding hydrogens is 433 g/mol. The van der Waals surface area contributed by atoms with Crippen LogP contribution < -0.4 is 4.90 Å². The molecule has 156 valence electrons. The summed E-state index contributed by atoms with van der Waals surface area (Å²) in [5.41, 5.74) is 0.628. The standard InChI is InChI=1S/C21H17Cl2NO6/c1-28-20(26)15-10-30-11-24(18(15)21(27)29-2)17-8-7-12(22)9-14(17)19(25)13-5-3-4-6-16(13)23/h3-9H,10-11H2,1-2H3. The number of anilines is 1. The van der Waals surface area contributed by atoms with Gasteiger partial charge >= 0.3 is 11.9 Å². The van der Waals surface area contributed by atoms with Crippen molar-refractivity contribution >= 4 is 46.6 Å². The average Bonchev–Trinajstić information content (AvgIpc) is 2.77. The Hall–Kier alpha value is -2.87. The van der Waals surface area contributed by atoms with E-state index in [0.717, 1.165) is 0 Å². The molecule has 0 N–H and O–H groups in total. The van der Waals surface area contributed by atoms with Gasteiger partial charge in [0.2, 0.25) is 0 Å². The lowest BCUT2D eigenvalue weighted by Gasteiger charge is -2.32. The first kappa shape index (κ1) is 21.8. The summed E-state index contributed by atoms with van der Waals surface area (Å²) in [5.74, 6) is -1.93. The monoisotopic (exact) mass is 449 g/mol. The second-order valence-corrected chi connectivity index (χ2v) is 7.03. The Kier molecular flexibility index (Phi) is 6.77. The fourth-order valence-electron chi connectivity index (χ4n) is 3.05. The van der Waals surface area contributed by atoms with Crippen LogP contribution in [0.2, 0.25) is 10.0 Å². The third kappa shape index (κ3) is 4.18. The Bertz CT molecular complexity index is 1050. The fraction of sp³-hybridized carbons (Fsp3) is 0.190. The minimum absolute atomic E-state index is 0.0262. The van der Waals surface area contributed by atoms with E-state index < -0.39 is 17.7 Å². The van der Waals surface area contributed by atoms with Crippen LogP contribution in [0.1, 0.15) is 15.9 Å². The van der Waals surface area contributed by atoms with Crippen molar-refractivity contribution in [1.82, 2.24) is 0 Å². The summed E-state index contributed by atoms with van der Waals surface area (Å²) < 4.78 is 15.1. The zero-order chi connectivity index (χ0) is 21.8. The van der Waals surface area contributed by atoms with Crippen molar-refractivity contribution in [2.45, 2.75) is 0 Å². The summed E-state index contributed by atoms with van der Waals surface area (Å²) in [6.45, 7) is -0.246. The fourth-order valence-corrected chi connectivity index (χ4v) is 3.44. The smallest absolute Gasteiger partial charge is 0.355 e. The summed E-state index contributed by atoms with van der Waals surface area (Å²) in [5, 5.41) is 0.575. The molecule has 0 bridgehead atoms. The summed E-state index contributed by atoms with van der Waals surface area (Å²) in [6, 6.07) is 11.1. The number of halogens is 2. The SMILES string of the molecule is COC(=O)C1=C(C(=O)OC)N(c2ccc(Cl)cc2C(=O)c2ccccc2Cl)COC1. The van der Waals surface area contributed by atoms with Gasteiger partial charge in [0.05, 0.1) is 37.1 Å². The molecule has 0 fully saturated rings. The summed E-state index contributed by atoms with van der Waals surface area (Å²) in [7, 11) is 2.38. The number of esters is 2. The first-order valence-corrected chi connectivity index (χ1v) is 9.48. The van der Waals surface area contributed by atoms with Crippen molar-refractivity contribution in [2.24, 2.45) is 0 Å². The van der Waals surface area contributed by atoms with Gasteiger partial charge in [-0.05, 0) is 30.3 Å². The maximum absolute atomic E-state index is 13.3. The Morgan fingerprint density at radius 1 is 0.967 bits per heavy atom. The number of hydrogen-bond donors (Lipinski definition) is 0. The summed E-state index contributed by atoms with van der Waals surface area (Å²) in [6.07, 6.45) is 0. The molecule has 1 aliphatic rings. The quantitative estimate of drug-likeness (QED) is 0.509. The molecule has 30 heavy (non-hydrogen) atoms. The van der Waals surface area contributed by atoms with Crippen LogP contribution in [-0.2, 0) is 23.8 Å². The van der Waals surface area contributed by atoms with E-state index in [2.05, 4.69) is 0 Å². The molecule has 1 aliphatic heterocycles. The Morgan fingerprint density at radius 2 is 1.67 bits per heavy atom. The van der Waals surface area contributed by atoms with Crippen molar-refractivity contribution < 1.29 is 28.6 Å². The Morgan fingerprint density at radius 3 is 2.33 bits per heavy atom. The van der Waals surface area contributed by atoms with Crippen LogP contribution in [0.25, 0.3) is 0 Å². The second-order valence-electron chi connectivity index (χ2n) is 6.19. The molecule has 0 amide bonds. The number of methoxy groups -OCH3 is 2. The zero-order valence-electron chi connectivity index (χ0n) is 16.1. The van der Waals surface area contributed by atoms with E-state index in [1.165, 1.54) is 25.2 Å². The molecular formula is C21H17Cl2NO6. The second kappa shape index (κ2) is 9.30. The van der Waals surface area contributed by atoms with E-state index in [-0.39, 0.29) is 40.8 Å². The van der Waals surface area contributed by atoms with Crippen molar-refractivity contribution in [1.29, 1.82) is 0 Å². The van der Waals surface area contributed by atoms with Gasteiger partial charge in [0.25, 0.3) is 0 Å². The number of ether oxygens (including phenoxy) is 3. The molecule has 2 aromatic rings. The lowest BCUT2D eigenvalue weighted by Crippen LogP contribution is -2.39. The van der Waals surface area contributed by atoms with Gasteiger partial charge in [-0.2, -0.15) is 0 Å². The van der Waals surface area contributed by atoms with Crippen molar-refractivity contribution in [3.8, 4) is 0 Å². The molecule has 0 saturated carbocycles. The molecule has 0 atom stereocenters. The molecule has 0 saturated heterocycles. The van der Waals surface area contributed by atoms with Gasteiger partial charge in [-0.3, -0.25) is 4.79 Å². The largest absolute Gasteiger partial charge is 0.466 e. The van der Waals surface area contributed by atoms with Gasteiger partial charge in [-0.1, -0.05) is 35.3 Å². The van der Waals surface area contributed by atoms with Crippen LogP contribution in [0.4, 0.5) is 5.69 Å². The molecule has 0 aromatic heterocycles. The van der Waals surface area contributed by atoms with Crippen LogP contribution >= 0.6 is 23.2 Å². The van der Waals surface area contributed by atoms with E-state index >= 15 is 0 Å². The highest BCUT2D eigenvalue weighted by atomic mass is 35.5. The van der Waals surface area contributed by atoms with Gasteiger partial charge in [0.1, 0.15) is 12.4 Å². The maximum Gasteiger partial charge on any atom is 0.355 e. The molecule has 7 nitrogen and oxygen atoms in total. The highest BCUT2D eigenvalue weighted by molar-refractivity contribution is 6.36. The van der Waals surface area contributed by atoms with Gasteiger partial charge < -0.3 is 19.1 Å². The van der Waals surface area contributed by atoms with Crippen molar-refractivity contribution in [3.63, 3.8) is 0 Å². The number of hydrogen-bond acceptors (Lipinski definition) is 7. The van der Waals surface area contributed by atoms with Gasteiger partial charge in [0, 0.05) is 16.1 Å². The number of rotatable bonds is 5. The topological polar surface area (TPSA) is 82.1 Å². The molecule has 2 aromatic carbocycles. The lowest BCUT2D eigenvalue weighted by atomic mass is 10.00. The van der Waals surface area contributed by atoms with Crippen LogP contribution in [0, 0.1) is 0 Å². The lowest BCUT2D eigenvalue weighted by molar-refractivity contribution is -0.140. The molecule has 1 heterocycles. The van der Waals surface area contributed by atoms with E-state index in [1.807, 2.05) is 0 Å². The van der Waals surface area contributed by atoms with Crippen LogP contribution in [-0.4, -0.2) is 45.3 Å². The van der Waals surface area contributed by atoms with Crippen LogP contribution in [0.3, 0.4) is 0 Å². The Balaban J connectivity index is 2.20. The predicted molar refractivity (Wildman–Crippen MR) is 111 cm³/mol. The average molecular weight is 450 g/mol. The Labute approximate surface area is 182 Å². The molecule has 0 spiro atoms. The van der Waals surface area contributed by atoms with Crippen LogP contribution in [0.15, 0.2) is 53.7 Å². The van der Waals surface area contributed by atoms with Crippen LogP contribution in [0.5, 0.6) is 0 Å². The molecule has 9 heteroatoms. The first-order valence-electron chi connectivity index (χ1n) is 8.72. The maximum atomic E-state index is 13.3. The molecule has 0 radical (unpaired) electrons. The molecule has 3 rings (SSSR count). The third-order valence-electron chi connectivity index (χ3n) is 4.45. The minimum Gasteiger partial charge on any atom is -0.466 e. The van der Waals surface area contributed by atoms with Gasteiger partial charge in [-0.15, -0.1) is 0 Å². The zero-order valence-corrected chi connectivity index (χ0v) is 17.6. The van der Waals surface area contributed by atoms with Gasteiger partial charge in [-0.25, -0.2) is 9.59 Å².